The van der Waals surface area contributed by atoms with E-state index in [2.05, 4.69) is 11.6 Å². The quantitative estimate of drug-likeness (QED) is 0.279. The van der Waals surface area contributed by atoms with E-state index in [-0.39, 0.29) is 17.7 Å². The van der Waals surface area contributed by atoms with E-state index in [9.17, 15) is 14.4 Å². The fraction of sp³-hybridized carbons (Fsp3) is 0.185. The number of hydrogen-bond acceptors (Lipinski definition) is 8. The molecule has 0 aliphatic carbocycles. The summed E-state index contributed by atoms with van der Waals surface area (Å²) in [7, 11) is 1.57. The normalized spacial score (nSPS) is 15.1. The predicted octanol–water partition coefficient (Wildman–Crippen LogP) is 2.90. The lowest BCUT2D eigenvalue weighted by atomic mass is 9.96. The molecule has 3 aromatic rings. The Kier molecular flexibility index (Phi) is 7.30. The van der Waals surface area contributed by atoms with Gasteiger partial charge >= 0.3 is 11.9 Å². The lowest BCUT2D eigenvalue weighted by Crippen LogP contribution is -2.39. The Morgan fingerprint density at radius 1 is 1.17 bits per heavy atom. The van der Waals surface area contributed by atoms with Gasteiger partial charge in [0.1, 0.15) is 18.1 Å². The Labute approximate surface area is 211 Å². The summed E-state index contributed by atoms with van der Waals surface area (Å²) in [6.45, 7) is 6.67. The van der Waals surface area contributed by atoms with Gasteiger partial charge in [0.25, 0.3) is 5.56 Å². The number of nitrogens with zero attached hydrogens (tertiary/aromatic N) is 2. The minimum absolute atomic E-state index is 0.0358. The highest BCUT2D eigenvalue weighted by atomic mass is 32.1. The third-order valence-electron chi connectivity index (χ3n) is 5.42. The molecule has 0 amide bonds. The van der Waals surface area contributed by atoms with Gasteiger partial charge in [-0.2, -0.15) is 0 Å². The highest BCUT2D eigenvalue weighted by Crippen LogP contribution is 2.31. The Morgan fingerprint density at radius 2 is 1.92 bits per heavy atom. The van der Waals surface area contributed by atoms with Crippen molar-refractivity contribution in [1.29, 1.82) is 0 Å². The third kappa shape index (κ3) is 5.06. The van der Waals surface area contributed by atoms with E-state index in [1.807, 2.05) is 12.1 Å². The summed E-state index contributed by atoms with van der Waals surface area (Å²) in [5, 5.41) is 0. The van der Waals surface area contributed by atoms with Crippen LogP contribution in [0.4, 0.5) is 0 Å². The number of methoxy groups -OCH3 is 1. The average molecular weight is 505 g/mol. The Balaban J connectivity index is 1.88. The van der Waals surface area contributed by atoms with Gasteiger partial charge in [-0.3, -0.25) is 14.2 Å². The number of esters is 2. The van der Waals surface area contributed by atoms with E-state index in [0.29, 0.717) is 37.7 Å². The second kappa shape index (κ2) is 10.6. The van der Waals surface area contributed by atoms with Crippen molar-refractivity contribution in [2.24, 2.45) is 4.99 Å². The van der Waals surface area contributed by atoms with Crippen LogP contribution in [0.1, 0.15) is 31.0 Å². The fourth-order valence-corrected chi connectivity index (χ4v) is 4.93. The second-order valence-corrected chi connectivity index (χ2v) is 8.92. The van der Waals surface area contributed by atoms with Gasteiger partial charge in [0.15, 0.2) is 4.80 Å². The number of carbonyl (C=O) groups excluding carboxylic acids is 2. The number of benzene rings is 2. The molecule has 0 saturated carbocycles. The molecular formula is C27H24N2O6S. The largest absolute Gasteiger partial charge is 0.497 e. The van der Waals surface area contributed by atoms with Gasteiger partial charge in [-0.1, -0.05) is 48.3 Å². The summed E-state index contributed by atoms with van der Waals surface area (Å²) in [6, 6.07) is 13.3. The van der Waals surface area contributed by atoms with Crippen LogP contribution in [0.2, 0.25) is 0 Å². The van der Waals surface area contributed by atoms with E-state index in [4.69, 9.17) is 14.2 Å². The molecule has 4 rings (SSSR count). The first kappa shape index (κ1) is 24.9. The lowest BCUT2D eigenvalue weighted by molar-refractivity contribution is -0.138. The van der Waals surface area contributed by atoms with Crippen LogP contribution in [0.15, 0.2) is 82.2 Å². The van der Waals surface area contributed by atoms with E-state index in [1.165, 1.54) is 28.9 Å². The first-order valence-corrected chi connectivity index (χ1v) is 11.9. The van der Waals surface area contributed by atoms with Crippen molar-refractivity contribution in [2.45, 2.75) is 19.9 Å². The molecule has 0 spiro atoms. The molecule has 9 heteroatoms. The molecule has 0 fully saturated rings. The minimum Gasteiger partial charge on any atom is -0.497 e. The number of ether oxygens (including phenoxy) is 3. The Bertz CT molecular complexity index is 1550. The first-order chi connectivity index (χ1) is 17.3. The third-order valence-corrected chi connectivity index (χ3v) is 6.41. The Morgan fingerprint density at radius 3 is 2.58 bits per heavy atom. The molecule has 2 heterocycles. The number of hydrogen-bond donors (Lipinski definition) is 0. The molecule has 36 heavy (non-hydrogen) atoms. The molecule has 0 unspecified atom stereocenters. The maximum atomic E-state index is 13.7. The summed E-state index contributed by atoms with van der Waals surface area (Å²) in [5.41, 5.74) is 1.83. The van der Waals surface area contributed by atoms with Gasteiger partial charge in [0.2, 0.25) is 0 Å². The van der Waals surface area contributed by atoms with E-state index < -0.39 is 18.0 Å². The van der Waals surface area contributed by atoms with Gasteiger partial charge < -0.3 is 14.2 Å². The fourth-order valence-electron chi connectivity index (χ4n) is 3.88. The van der Waals surface area contributed by atoms with Gasteiger partial charge in [-0.25, -0.2) is 9.79 Å². The monoisotopic (exact) mass is 504 g/mol. The van der Waals surface area contributed by atoms with E-state index in [0.717, 1.165) is 0 Å². The van der Waals surface area contributed by atoms with Crippen molar-refractivity contribution in [1.82, 2.24) is 4.57 Å². The molecule has 1 aromatic heterocycles. The standard InChI is InChI=1S/C27H24N2O6S/c1-5-13-34-26(32)23-16(2)28-27-29(24(23)19-9-11-20(33-4)12-10-19)25(31)22(36-27)15-18-7-6-8-21(14-18)35-17(3)30/h5-12,14-15,24H,1,13H2,2-4H3/b22-15-/t24-/m0/s1. The van der Waals surface area contributed by atoms with Gasteiger partial charge in [-0.05, 0) is 48.4 Å². The molecule has 184 valence electrons. The van der Waals surface area contributed by atoms with Crippen molar-refractivity contribution in [3.8, 4) is 11.5 Å². The van der Waals surface area contributed by atoms with Crippen LogP contribution in [0.5, 0.6) is 11.5 Å². The maximum absolute atomic E-state index is 13.7. The van der Waals surface area contributed by atoms with Crippen molar-refractivity contribution >= 4 is 29.4 Å². The summed E-state index contributed by atoms with van der Waals surface area (Å²) >= 11 is 1.21. The number of thiazole rings is 1. The number of allylic oxidation sites excluding steroid dienone is 1. The van der Waals surface area contributed by atoms with Crippen LogP contribution in [0.25, 0.3) is 6.08 Å². The maximum Gasteiger partial charge on any atom is 0.338 e. The number of rotatable bonds is 7. The predicted molar refractivity (Wildman–Crippen MR) is 136 cm³/mol. The molecule has 2 aromatic carbocycles. The van der Waals surface area contributed by atoms with E-state index >= 15 is 0 Å². The summed E-state index contributed by atoms with van der Waals surface area (Å²) in [4.78, 5) is 43.0. The number of carbonyl (C=O) groups is 2. The Hall–Kier alpha value is -4.24. The number of fused-ring (bicyclic) bond motifs is 1. The molecule has 0 radical (unpaired) electrons. The molecule has 0 bridgehead atoms. The van der Waals surface area contributed by atoms with Crippen LogP contribution in [-0.2, 0) is 14.3 Å². The van der Waals surface area contributed by atoms with Gasteiger partial charge in [0.05, 0.1) is 29.0 Å². The van der Waals surface area contributed by atoms with Crippen molar-refractivity contribution in [3.05, 3.63) is 103 Å². The van der Waals surface area contributed by atoms with Crippen LogP contribution in [0.3, 0.4) is 0 Å². The highest BCUT2D eigenvalue weighted by molar-refractivity contribution is 7.07. The SMILES string of the molecule is C=CCOC(=O)C1=C(C)N=c2s/c(=C\c3cccc(OC(C)=O)c3)c(=O)n2[C@H]1c1ccc(OC)cc1. The van der Waals surface area contributed by atoms with Crippen molar-refractivity contribution in [2.75, 3.05) is 13.7 Å². The summed E-state index contributed by atoms with van der Waals surface area (Å²) in [6.07, 6.45) is 3.19. The van der Waals surface area contributed by atoms with Crippen LogP contribution >= 0.6 is 11.3 Å². The minimum atomic E-state index is -0.737. The van der Waals surface area contributed by atoms with Crippen LogP contribution in [0, 0.1) is 0 Å². The molecule has 8 nitrogen and oxygen atoms in total. The number of aromatic nitrogens is 1. The zero-order chi connectivity index (χ0) is 25.8. The van der Waals surface area contributed by atoms with Crippen LogP contribution < -0.4 is 24.4 Å². The van der Waals surface area contributed by atoms with Crippen molar-refractivity contribution < 1.29 is 23.8 Å². The van der Waals surface area contributed by atoms with E-state index in [1.54, 1.807) is 56.5 Å². The average Bonchev–Trinajstić information content (AvgIpc) is 3.15. The molecule has 0 N–H and O–H groups in total. The molecule has 1 atom stereocenters. The van der Waals surface area contributed by atoms with Crippen LogP contribution in [-0.4, -0.2) is 30.2 Å². The zero-order valence-corrected chi connectivity index (χ0v) is 20.8. The smallest absolute Gasteiger partial charge is 0.338 e. The first-order valence-electron chi connectivity index (χ1n) is 11.1. The summed E-state index contributed by atoms with van der Waals surface area (Å²) in [5.74, 6) is 0.0243. The van der Waals surface area contributed by atoms with Crippen molar-refractivity contribution in [3.63, 3.8) is 0 Å². The lowest BCUT2D eigenvalue weighted by Gasteiger charge is -2.24. The molecular weight excluding hydrogens is 480 g/mol. The second-order valence-electron chi connectivity index (χ2n) is 7.91. The zero-order valence-electron chi connectivity index (χ0n) is 20.0. The molecule has 0 saturated heterocycles. The highest BCUT2D eigenvalue weighted by Gasteiger charge is 2.33. The van der Waals surface area contributed by atoms with Gasteiger partial charge in [-0.15, -0.1) is 0 Å². The molecule has 1 aliphatic heterocycles. The molecule has 1 aliphatic rings. The van der Waals surface area contributed by atoms with Gasteiger partial charge in [0, 0.05) is 6.92 Å². The topological polar surface area (TPSA) is 96.2 Å². The summed E-state index contributed by atoms with van der Waals surface area (Å²) < 4.78 is 17.7.